The maximum absolute atomic E-state index is 12.6. The standard InChI is InChI=1S/C14H12F3N/c1-9-6-12(8-18-10(9)2)11-4-3-5-13(7-11)14(15,16)17/h3-8H,1-2H3. The van der Waals surface area contributed by atoms with Gasteiger partial charge in [0.2, 0.25) is 0 Å². The highest BCUT2D eigenvalue weighted by molar-refractivity contribution is 5.64. The Labute approximate surface area is 103 Å². The van der Waals surface area contributed by atoms with Gasteiger partial charge in [0, 0.05) is 17.5 Å². The molecule has 1 aromatic heterocycles. The molecule has 0 aliphatic carbocycles. The summed E-state index contributed by atoms with van der Waals surface area (Å²) in [5.74, 6) is 0. The average Bonchev–Trinajstić information content (AvgIpc) is 2.32. The first-order chi connectivity index (χ1) is 8.38. The fraction of sp³-hybridized carbons (Fsp3) is 0.214. The zero-order chi connectivity index (χ0) is 13.3. The lowest BCUT2D eigenvalue weighted by Crippen LogP contribution is -2.04. The Morgan fingerprint density at radius 3 is 2.33 bits per heavy atom. The van der Waals surface area contributed by atoms with E-state index in [-0.39, 0.29) is 0 Å². The second-order valence-electron chi connectivity index (χ2n) is 4.20. The Hall–Kier alpha value is -1.84. The number of alkyl halides is 3. The summed E-state index contributed by atoms with van der Waals surface area (Å²) < 4.78 is 37.8. The number of rotatable bonds is 1. The maximum atomic E-state index is 12.6. The second-order valence-corrected chi connectivity index (χ2v) is 4.20. The van der Waals surface area contributed by atoms with Crippen LogP contribution in [0.2, 0.25) is 0 Å². The van der Waals surface area contributed by atoms with Crippen LogP contribution in [-0.2, 0) is 6.18 Å². The van der Waals surface area contributed by atoms with Gasteiger partial charge in [0.15, 0.2) is 0 Å². The molecule has 94 valence electrons. The Balaban J connectivity index is 2.48. The third-order valence-corrected chi connectivity index (χ3v) is 2.86. The minimum atomic E-state index is -4.32. The zero-order valence-electron chi connectivity index (χ0n) is 10.0. The quantitative estimate of drug-likeness (QED) is 0.732. The highest BCUT2D eigenvalue weighted by Crippen LogP contribution is 2.32. The lowest BCUT2D eigenvalue weighted by Gasteiger charge is -2.09. The monoisotopic (exact) mass is 251 g/mol. The zero-order valence-corrected chi connectivity index (χ0v) is 10.0. The molecule has 0 N–H and O–H groups in total. The van der Waals surface area contributed by atoms with E-state index in [4.69, 9.17) is 0 Å². The summed E-state index contributed by atoms with van der Waals surface area (Å²) in [7, 11) is 0. The molecule has 0 atom stereocenters. The molecule has 1 nitrogen and oxygen atoms in total. The lowest BCUT2D eigenvalue weighted by atomic mass is 10.0. The Morgan fingerprint density at radius 1 is 1.00 bits per heavy atom. The van der Waals surface area contributed by atoms with Crippen LogP contribution in [0.4, 0.5) is 13.2 Å². The molecule has 0 aliphatic heterocycles. The normalized spacial score (nSPS) is 11.6. The number of nitrogens with zero attached hydrogens (tertiary/aromatic N) is 1. The Kier molecular flexibility index (Phi) is 3.11. The molecule has 0 unspecified atom stereocenters. The molecule has 0 amide bonds. The molecule has 0 bridgehead atoms. The largest absolute Gasteiger partial charge is 0.416 e. The van der Waals surface area contributed by atoms with E-state index in [1.165, 1.54) is 6.07 Å². The smallest absolute Gasteiger partial charge is 0.261 e. The SMILES string of the molecule is Cc1cc(-c2cccc(C(F)(F)F)c2)cnc1C. The van der Waals surface area contributed by atoms with Gasteiger partial charge in [-0.3, -0.25) is 4.98 Å². The van der Waals surface area contributed by atoms with Gasteiger partial charge < -0.3 is 0 Å². The summed E-state index contributed by atoms with van der Waals surface area (Å²) in [6.07, 6.45) is -2.72. The molecule has 2 aromatic rings. The van der Waals surface area contributed by atoms with Gasteiger partial charge in [-0.15, -0.1) is 0 Å². The summed E-state index contributed by atoms with van der Waals surface area (Å²) in [5.41, 5.74) is 2.43. The van der Waals surface area contributed by atoms with Crippen LogP contribution in [0.1, 0.15) is 16.8 Å². The minimum absolute atomic E-state index is 0.528. The van der Waals surface area contributed by atoms with E-state index in [1.807, 2.05) is 19.9 Å². The van der Waals surface area contributed by atoms with Crippen molar-refractivity contribution in [1.82, 2.24) is 4.98 Å². The molecule has 0 spiro atoms. The Morgan fingerprint density at radius 2 is 1.72 bits per heavy atom. The molecule has 4 heteroatoms. The highest BCUT2D eigenvalue weighted by Gasteiger charge is 2.30. The van der Waals surface area contributed by atoms with Crippen molar-refractivity contribution in [3.8, 4) is 11.1 Å². The van der Waals surface area contributed by atoms with Crippen molar-refractivity contribution >= 4 is 0 Å². The third kappa shape index (κ3) is 2.53. The van der Waals surface area contributed by atoms with Crippen molar-refractivity contribution < 1.29 is 13.2 Å². The van der Waals surface area contributed by atoms with Gasteiger partial charge in [0.1, 0.15) is 0 Å². The van der Waals surface area contributed by atoms with Gasteiger partial charge in [-0.2, -0.15) is 13.2 Å². The molecule has 0 aliphatic rings. The van der Waals surface area contributed by atoms with Gasteiger partial charge >= 0.3 is 6.18 Å². The molecular formula is C14H12F3N. The number of hydrogen-bond acceptors (Lipinski definition) is 1. The van der Waals surface area contributed by atoms with Crippen LogP contribution in [0, 0.1) is 13.8 Å². The topological polar surface area (TPSA) is 12.9 Å². The molecule has 2 rings (SSSR count). The first-order valence-corrected chi connectivity index (χ1v) is 5.49. The van der Waals surface area contributed by atoms with E-state index in [9.17, 15) is 13.2 Å². The van der Waals surface area contributed by atoms with E-state index in [0.29, 0.717) is 11.1 Å². The lowest BCUT2D eigenvalue weighted by molar-refractivity contribution is -0.137. The van der Waals surface area contributed by atoms with Crippen LogP contribution in [0.25, 0.3) is 11.1 Å². The second kappa shape index (κ2) is 4.44. The third-order valence-electron chi connectivity index (χ3n) is 2.86. The van der Waals surface area contributed by atoms with E-state index in [1.54, 1.807) is 12.3 Å². The molecular weight excluding hydrogens is 239 g/mol. The van der Waals surface area contributed by atoms with Crippen LogP contribution in [0.5, 0.6) is 0 Å². The fourth-order valence-electron chi connectivity index (χ4n) is 1.68. The molecule has 1 aromatic carbocycles. The van der Waals surface area contributed by atoms with Crippen LogP contribution in [0.15, 0.2) is 36.5 Å². The highest BCUT2D eigenvalue weighted by atomic mass is 19.4. The van der Waals surface area contributed by atoms with Gasteiger partial charge in [-0.25, -0.2) is 0 Å². The van der Waals surface area contributed by atoms with Crippen molar-refractivity contribution in [3.05, 3.63) is 53.3 Å². The van der Waals surface area contributed by atoms with Crippen molar-refractivity contribution in [1.29, 1.82) is 0 Å². The summed E-state index contributed by atoms with van der Waals surface area (Å²) in [6.45, 7) is 3.75. The van der Waals surface area contributed by atoms with E-state index < -0.39 is 11.7 Å². The molecule has 1 heterocycles. The van der Waals surface area contributed by atoms with Crippen molar-refractivity contribution in [3.63, 3.8) is 0 Å². The maximum Gasteiger partial charge on any atom is 0.416 e. The summed E-state index contributed by atoms with van der Waals surface area (Å²) in [5, 5.41) is 0. The number of benzene rings is 1. The van der Waals surface area contributed by atoms with Gasteiger partial charge in [0.25, 0.3) is 0 Å². The van der Waals surface area contributed by atoms with E-state index >= 15 is 0 Å². The van der Waals surface area contributed by atoms with Crippen LogP contribution >= 0.6 is 0 Å². The molecule has 0 saturated carbocycles. The predicted octanol–water partition coefficient (Wildman–Crippen LogP) is 4.38. The van der Waals surface area contributed by atoms with E-state index in [0.717, 1.165) is 23.4 Å². The van der Waals surface area contributed by atoms with Crippen molar-refractivity contribution in [2.24, 2.45) is 0 Å². The molecule has 18 heavy (non-hydrogen) atoms. The number of aryl methyl sites for hydroxylation is 2. The van der Waals surface area contributed by atoms with Crippen LogP contribution in [-0.4, -0.2) is 4.98 Å². The fourth-order valence-corrected chi connectivity index (χ4v) is 1.68. The molecule has 0 saturated heterocycles. The van der Waals surface area contributed by atoms with Crippen LogP contribution in [0.3, 0.4) is 0 Å². The van der Waals surface area contributed by atoms with Crippen molar-refractivity contribution in [2.45, 2.75) is 20.0 Å². The minimum Gasteiger partial charge on any atom is -0.261 e. The molecule has 0 fully saturated rings. The number of hydrogen-bond donors (Lipinski definition) is 0. The summed E-state index contributed by atoms with van der Waals surface area (Å²) >= 11 is 0. The Bertz CT molecular complexity index is 573. The van der Waals surface area contributed by atoms with Gasteiger partial charge in [-0.1, -0.05) is 12.1 Å². The first kappa shape index (κ1) is 12.6. The molecule has 0 radical (unpaired) electrons. The summed E-state index contributed by atoms with van der Waals surface area (Å²) in [6, 6.07) is 7.12. The number of aromatic nitrogens is 1. The van der Waals surface area contributed by atoms with Gasteiger partial charge in [0.05, 0.1) is 5.56 Å². The number of pyridine rings is 1. The predicted molar refractivity (Wildman–Crippen MR) is 64.1 cm³/mol. The van der Waals surface area contributed by atoms with E-state index in [2.05, 4.69) is 4.98 Å². The summed E-state index contributed by atoms with van der Waals surface area (Å²) in [4.78, 5) is 4.17. The first-order valence-electron chi connectivity index (χ1n) is 5.49. The average molecular weight is 251 g/mol. The van der Waals surface area contributed by atoms with Gasteiger partial charge in [-0.05, 0) is 43.2 Å². The number of halogens is 3. The van der Waals surface area contributed by atoms with Crippen molar-refractivity contribution in [2.75, 3.05) is 0 Å². The van der Waals surface area contributed by atoms with Crippen LogP contribution < -0.4 is 0 Å².